The lowest BCUT2D eigenvalue weighted by Gasteiger charge is -2.16. The van der Waals surface area contributed by atoms with E-state index in [-0.39, 0.29) is 0 Å². The van der Waals surface area contributed by atoms with Crippen LogP contribution in [0.15, 0.2) is 30.3 Å². The topological polar surface area (TPSA) is 29.9 Å². The Morgan fingerprint density at radius 3 is 2.70 bits per heavy atom. The van der Waals surface area contributed by atoms with Gasteiger partial charge in [0.25, 0.3) is 0 Å². The quantitative estimate of drug-likeness (QED) is 0.901. The number of nitrogens with one attached hydrogen (secondary N) is 1. The van der Waals surface area contributed by atoms with E-state index in [0.717, 1.165) is 17.9 Å². The van der Waals surface area contributed by atoms with Gasteiger partial charge in [0.1, 0.15) is 0 Å². The van der Waals surface area contributed by atoms with Crippen molar-refractivity contribution in [2.45, 2.75) is 45.6 Å². The van der Waals surface area contributed by atoms with Crippen LogP contribution in [0.25, 0.3) is 5.69 Å². The Morgan fingerprint density at radius 2 is 1.90 bits per heavy atom. The molecule has 1 fully saturated rings. The fourth-order valence-corrected chi connectivity index (χ4v) is 3.25. The van der Waals surface area contributed by atoms with E-state index in [1.165, 1.54) is 36.9 Å². The fraction of sp³-hybridized carbons (Fsp3) is 0.471. The number of aryl methyl sites for hydroxylation is 1. The molecule has 1 saturated heterocycles. The molecule has 2 aromatic rings. The monoisotopic (exact) mass is 269 g/mol. The zero-order chi connectivity index (χ0) is 13.9. The van der Waals surface area contributed by atoms with Gasteiger partial charge in [-0.1, -0.05) is 31.0 Å². The van der Waals surface area contributed by atoms with E-state index in [4.69, 9.17) is 5.10 Å². The molecule has 20 heavy (non-hydrogen) atoms. The molecular formula is C17H23N3. The number of benzene rings is 1. The third-order valence-electron chi connectivity index (χ3n) is 4.26. The maximum atomic E-state index is 4.76. The highest BCUT2D eigenvalue weighted by Crippen LogP contribution is 2.29. The first-order valence-corrected chi connectivity index (χ1v) is 7.62. The average Bonchev–Trinajstić information content (AvgIpc) is 2.67. The van der Waals surface area contributed by atoms with Crippen molar-refractivity contribution in [1.82, 2.24) is 15.1 Å². The number of hydrogen-bond donors (Lipinski definition) is 1. The largest absolute Gasteiger partial charge is 0.310 e. The predicted octanol–water partition coefficient (Wildman–Crippen LogP) is 3.69. The molecule has 0 aliphatic carbocycles. The normalized spacial score (nSPS) is 19.8. The number of rotatable bonds is 2. The zero-order valence-electron chi connectivity index (χ0n) is 12.4. The van der Waals surface area contributed by atoms with Crippen LogP contribution in [0, 0.1) is 13.8 Å². The van der Waals surface area contributed by atoms with Crippen molar-refractivity contribution in [3.63, 3.8) is 0 Å². The van der Waals surface area contributed by atoms with Crippen LogP contribution in [0.2, 0.25) is 0 Å². The van der Waals surface area contributed by atoms with Crippen LogP contribution in [-0.4, -0.2) is 16.3 Å². The van der Waals surface area contributed by atoms with Crippen LogP contribution < -0.4 is 5.32 Å². The first kappa shape index (κ1) is 13.4. The van der Waals surface area contributed by atoms with E-state index in [1.807, 2.05) is 6.07 Å². The second kappa shape index (κ2) is 5.80. The standard InChI is InChI=1S/C17H23N3/c1-13-17(16-11-7-4-8-12-18-16)14(2)20(19-13)15-9-5-3-6-10-15/h3,5-6,9-10,16,18H,4,7-8,11-12H2,1-2H3/t16-/m1/s1. The lowest BCUT2D eigenvalue weighted by molar-refractivity contribution is 0.530. The summed E-state index contributed by atoms with van der Waals surface area (Å²) in [4.78, 5) is 0. The Kier molecular flexibility index (Phi) is 3.88. The van der Waals surface area contributed by atoms with Crippen molar-refractivity contribution in [3.8, 4) is 5.69 Å². The van der Waals surface area contributed by atoms with E-state index in [1.54, 1.807) is 0 Å². The van der Waals surface area contributed by atoms with Gasteiger partial charge in [-0.3, -0.25) is 0 Å². The molecule has 0 radical (unpaired) electrons. The fourth-order valence-electron chi connectivity index (χ4n) is 3.25. The zero-order valence-corrected chi connectivity index (χ0v) is 12.4. The molecule has 106 valence electrons. The van der Waals surface area contributed by atoms with E-state index >= 15 is 0 Å². The van der Waals surface area contributed by atoms with Crippen LogP contribution in [0.1, 0.15) is 48.7 Å². The number of nitrogens with zero attached hydrogens (tertiary/aromatic N) is 2. The van der Waals surface area contributed by atoms with Crippen molar-refractivity contribution >= 4 is 0 Å². The molecule has 0 amide bonds. The van der Waals surface area contributed by atoms with Crippen molar-refractivity contribution in [3.05, 3.63) is 47.3 Å². The summed E-state index contributed by atoms with van der Waals surface area (Å²) in [5, 5.41) is 8.45. The van der Waals surface area contributed by atoms with Crippen LogP contribution in [0.3, 0.4) is 0 Å². The minimum Gasteiger partial charge on any atom is -0.310 e. The Balaban J connectivity index is 1.98. The Hall–Kier alpha value is -1.61. The molecule has 0 unspecified atom stereocenters. The molecule has 3 nitrogen and oxygen atoms in total. The van der Waals surface area contributed by atoms with Gasteiger partial charge in [0.2, 0.25) is 0 Å². The molecule has 1 aromatic heterocycles. The smallest absolute Gasteiger partial charge is 0.0648 e. The Bertz CT molecular complexity index is 563. The molecule has 0 saturated carbocycles. The lowest BCUT2D eigenvalue weighted by Crippen LogP contribution is -2.21. The number of aromatic nitrogens is 2. The third-order valence-corrected chi connectivity index (χ3v) is 4.26. The number of para-hydroxylation sites is 1. The van der Waals surface area contributed by atoms with Crippen LogP contribution in [0.5, 0.6) is 0 Å². The molecule has 0 bridgehead atoms. The highest BCUT2D eigenvalue weighted by molar-refractivity contribution is 5.38. The molecule has 1 aliphatic heterocycles. The lowest BCUT2D eigenvalue weighted by atomic mass is 10.0. The maximum absolute atomic E-state index is 4.76. The van der Waals surface area contributed by atoms with Crippen molar-refractivity contribution < 1.29 is 0 Å². The summed E-state index contributed by atoms with van der Waals surface area (Å²) >= 11 is 0. The van der Waals surface area contributed by atoms with E-state index in [9.17, 15) is 0 Å². The molecule has 1 aromatic carbocycles. The van der Waals surface area contributed by atoms with Gasteiger partial charge >= 0.3 is 0 Å². The SMILES string of the molecule is Cc1nn(-c2ccccc2)c(C)c1[C@H]1CCCCCN1. The summed E-state index contributed by atoms with van der Waals surface area (Å²) in [7, 11) is 0. The van der Waals surface area contributed by atoms with Crippen molar-refractivity contribution in [2.24, 2.45) is 0 Å². The summed E-state index contributed by atoms with van der Waals surface area (Å²) in [5.41, 5.74) is 4.97. The molecule has 0 spiro atoms. The van der Waals surface area contributed by atoms with E-state index in [0.29, 0.717) is 6.04 Å². The molecule has 1 aliphatic rings. The van der Waals surface area contributed by atoms with E-state index < -0.39 is 0 Å². The first-order valence-electron chi connectivity index (χ1n) is 7.62. The highest BCUT2D eigenvalue weighted by atomic mass is 15.3. The van der Waals surface area contributed by atoms with Gasteiger partial charge in [-0.25, -0.2) is 4.68 Å². The van der Waals surface area contributed by atoms with Crippen LogP contribution in [0.4, 0.5) is 0 Å². The van der Waals surface area contributed by atoms with Gasteiger partial charge < -0.3 is 5.32 Å². The summed E-state index contributed by atoms with van der Waals surface area (Å²) in [5.74, 6) is 0. The second-order valence-electron chi connectivity index (χ2n) is 5.69. The molecule has 1 N–H and O–H groups in total. The average molecular weight is 269 g/mol. The second-order valence-corrected chi connectivity index (χ2v) is 5.69. The Labute approximate surface area is 121 Å². The summed E-state index contributed by atoms with van der Waals surface area (Å²) in [6, 6.07) is 10.9. The van der Waals surface area contributed by atoms with Gasteiger partial charge in [-0.05, 0) is 45.4 Å². The third kappa shape index (κ3) is 2.50. The molecule has 2 heterocycles. The number of hydrogen-bond acceptors (Lipinski definition) is 2. The minimum atomic E-state index is 0.468. The van der Waals surface area contributed by atoms with Gasteiger partial charge in [0.05, 0.1) is 11.4 Å². The minimum absolute atomic E-state index is 0.468. The van der Waals surface area contributed by atoms with Crippen LogP contribution >= 0.6 is 0 Å². The van der Waals surface area contributed by atoms with Gasteiger partial charge in [0, 0.05) is 17.3 Å². The molecule has 1 atom stereocenters. The molecular weight excluding hydrogens is 246 g/mol. The summed E-state index contributed by atoms with van der Waals surface area (Å²) < 4.78 is 2.08. The van der Waals surface area contributed by atoms with Crippen molar-refractivity contribution in [1.29, 1.82) is 0 Å². The van der Waals surface area contributed by atoms with E-state index in [2.05, 4.69) is 48.1 Å². The van der Waals surface area contributed by atoms with Crippen LogP contribution in [-0.2, 0) is 0 Å². The first-order chi connectivity index (χ1) is 9.77. The van der Waals surface area contributed by atoms with Gasteiger partial charge in [-0.15, -0.1) is 0 Å². The molecule has 3 heteroatoms. The Morgan fingerprint density at radius 1 is 1.10 bits per heavy atom. The highest BCUT2D eigenvalue weighted by Gasteiger charge is 2.22. The van der Waals surface area contributed by atoms with Crippen molar-refractivity contribution in [2.75, 3.05) is 6.54 Å². The van der Waals surface area contributed by atoms with Gasteiger partial charge in [0.15, 0.2) is 0 Å². The predicted molar refractivity (Wildman–Crippen MR) is 82.2 cm³/mol. The summed E-state index contributed by atoms with van der Waals surface area (Å²) in [6.07, 6.45) is 5.17. The summed E-state index contributed by atoms with van der Waals surface area (Å²) in [6.45, 7) is 5.45. The molecule has 3 rings (SSSR count). The maximum Gasteiger partial charge on any atom is 0.0648 e. The van der Waals surface area contributed by atoms with Gasteiger partial charge in [-0.2, -0.15) is 5.10 Å².